The first kappa shape index (κ1) is 10.5. The van der Waals surface area contributed by atoms with Crippen LogP contribution in [0.4, 0.5) is 0 Å². The molecule has 0 spiro atoms. The van der Waals surface area contributed by atoms with Crippen molar-refractivity contribution >= 4 is 0 Å². The topological polar surface area (TPSA) is 58.8 Å². The summed E-state index contributed by atoms with van der Waals surface area (Å²) in [5.41, 5.74) is 1.69. The Labute approximate surface area is 83.6 Å². The number of hydrogen-bond acceptors (Lipinski definition) is 4. The normalized spacial score (nSPS) is 9.93. The van der Waals surface area contributed by atoms with Gasteiger partial charge in [-0.2, -0.15) is 5.26 Å². The monoisotopic (exact) mass is 191 g/mol. The molecule has 0 fully saturated rings. The van der Waals surface area contributed by atoms with Crippen LogP contribution in [0.5, 0.6) is 5.88 Å². The maximum absolute atomic E-state index is 8.68. The van der Waals surface area contributed by atoms with Crippen molar-refractivity contribution in [1.29, 1.82) is 5.26 Å². The lowest BCUT2D eigenvalue weighted by molar-refractivity contribution is 0.390. The molecule has 0 aliphatic heterocycles. The van der Waals surface area contributed by atoms with Gasteiger partial charge in [0.15, 0.2) is 0 Å². The zero-order valence-corrected chi connectivity index (χ0v) is 8.61. The molecule has 1 aromatic rings. The van der Waals surface area contributed by atoms with Crippen molar-refractivity contribution in [1.82, 2.24) is 9.97 Å². The molecule has 4 nitrogen and oxygen atoms in total. The van der Waals surface area contributed by atoms with Crippen molar-refractivity contribution in [2.75, 3.05) is 7.11 Å². The molecule has 74 valence electrons. The molecule has 0 N–H and O–H groups in total. The minimum Gasteiger partial charge on any atom is -0.481 e. The summed E-state index contributed by atoms with van der Waals surface area (Å²) in [6, 6.07) is 2.09. The van der Waals surface area contributed by atoms with Gasteiger partial charge >= 0.3 is 0 Å². The molecule has 1 aromatic heterocycles. The van der Waals surface area contributed by atoms with E-state index in [1.54, 1.807) is 7.11 Å². The number of aromatic nitrogens is 2. The van der Waals surface area contributed by atoms with E-state index < -0.39 is 0 Å². The van der Waals surface area contributed by atoms with Crippen LogP contribution in [0.25, 0.3) is 0 Å². The van der Waals surface area contributed by atoms with E-state index in [1.165, 1.54) is 6.33 Å². The molecule has 0 saturated carbocycles. The molecule has 1 heterocycles. The Morgan fingerprint density at radius 3 is 2.71 bits per heavy atom. The smallest absolute Gasteiger partial charge is 0.220 e. The van der Waals surface area contributed by atoms with Gasteiger partial charge in [-0.3, -0.25) is 0 Å². The molecule has 0 unspecified atom stereocenters. The highest BCUT2D eigenvalue weighted by molar-refractivity contribution is 5.33. The third-order valence-corrected chi connectivity index (χ3v) is 1.94. The van der Waals surface area contributed by atoms with Gasteiger partial charge in [0, 0.05) is 0 Å². The van der Waals surface area contributed by atoms with E-state index in [1.807, 2.05) is 13.8 Å². The highest BCUT2D eigenvalue weighted by atomic mass is 16.5. The Balaban J connectivity index is 3.22. The van der Waals surface area contributed by atoms with Crippen LogP contribution in [-0.2, 0) is 6.42 Å². The van der Waals surface area contributed by atoms with Gasteiger partial charge in [-0.25, -0.2) is 9.97 Å². The van der Waals surface area contributed by atoms with Crippen molar-refractivity contribution in [3.63, 3.8) is 0 Å². The molecule has 0 amide bonds. The summed E-state index contributed by atoms with van der Waals surface area (Å²) in [7, 11) is 1.55. The van der Waals surface area contributed by atoms with Crippen LogP contribution in [0.15, 0.2) is 6.33 Å². The SMILES string of the molecule is COc1ncnc(C(C)C)c1CC#N. The minimum absolute atomic E-state index is 0.273. The molecule has 0 bridgehead atoms. The van der Waals surface area contributed by atoms with E-state index in [-0.39, 0.29) is 12.3 Å². The number of nitrogens with zero attached hydrogens (tertiary/aromatic N) is 3. The number of nitriles is 1. The minimum atomic E-state index is 0.273. The van der Waals surface area contributed by atoms with Gasteiger partial charge in [0.05, 0.1) is 30.9 Å². The van der Waals surface area contributed by atoms with Crippen LogP contribution in [-0.4, -0.2) is 17.1 Å². The van der Waals surface area contributed by atoms with Gasteiger partial charge in [-0.15, -0.1) is 0 Å². The van der Waals surface area contributed by atoms with E-state index in [0.29, 0.717) is 5.88 Å². The number of methoxy groups -OCH3 is 1. The number of hydrogen-bond donors (Lipinski definition) is 0. The van der Waals surface area contributed by atoms with Crippen molar-refractivity contribution in [3.05, 3.63) is 17.6 Å². The zero-order chi connectivity index (χ0) is 10.6. The first-order valence-corrected chi connectivity index (χ1v) is 4.45. The molecule has 0 atom stereocenters. The van der Waals surface area contributed by atoms with E-state index in [9.17, 15) is 0 Å². The molecular weight excluding hydrogens is 178 g/mol. The lowest BCUT2D eigenvalue weighted by Crippen LogP contribution is -2.04. The van der Waals surface area contributed by atoms with Crippen molar-refractivity contribution < 1.29 is 4.74 Å². The van der Waals surface area contributed by atoms with E-state index in [2.05, 4.69) is 16.0 Å². The van der Waals surface area contributed by atoms with Crippen LogP contribution < -0.4 is 4.74 Å². The molecule has 4 heteroatoms. The Kier molecular flexibility index (Phi) is 3.41. The summed E-state index contributed by atoms with van der Waals surface area (Å²) in [4.78, 5) is 8.14. The Bertz CT molecular complexity index is 355. The average Bonchev–Trinajstić information content (AvgIpc) is 2.18. The second kappa shape index (κ2) is 4.56. The van der Waals surface area contributed by atoms with E-state index >= 15 is 0 Å². The zero-order valence-electron chi connectivity index (χ0n) is 8.61. The molecule has 0 aromatic carbocycles. The third kappa shape index (κ3) is 1.99. The largest absolute Gasteiger partial charge is 0.481 e. The van der Waals surface area contributed by atoms with Crippen LogP contribution in [0, 0.1) is 11.3 Å². The van der Waals surface area contributed by atoms with Gasteiger partial charge in [0.1, 0.15) is 6.33 Å². The summed E-state index contributed by atoms with van der Waals surface area (Å²) in [6.45, 7) is 4.06. The molecule has 14 heavy (non-hydrogen) atoms. The van der Waals surface area contributed by atoms with Gasteiger partial charge in [-0.05, 0) is 5.92 Å². The fourth-order valence-electron chi connectivity index (χ4n) is 1.33. The number of rotatable bonds is 3. The summed E-state index contributed by atoms with van der Waals surface area (Å²) in [6.07, 6.45) is 1.76. The fourth-order valence-corrected chi connectivity index (χ4v) is 1.33. The Morgan fingerprint density at radius 1 is 1.50 bits per heavy atom. The Morgan fingerprint density at radius 2 is 2.21 bits per heavy atom. The van der Waals surface area contributed by atoms with E-state index in [4.69, 9.17) is 10.00 Å². The second-order valence-electron chi connectivity index (χ2n) is 3.24. The van der Waals surface area contributed by atoms with Crippen LogP contribution in [0.2, 0.25) is 0 Å². The molecule has 0 radical (unpaired) electrons. The maximum Gasteiger partial charge on any atom is 0.220 e. The maximum atomic E-state index is 8.68. The quantitative estimate of drug-likeness (QED) is 0.729. The molecule has 1 rings (SSSR count). The summed E-state index contributed by atoms with van der Waals surface area (Å²) < 4.78 is 5.09. The van der Waals surface area contributed by atoms with Gasteiger partial charge in [-0.1, -0.05) is 13.8 Å². The average molecular weight is 191 g/mol. The number of ether oxygens (including phenoxy) is 1. The predicted octanol–water partition coefficient (Wildman–Crippen LogP) is 1.67. The van der Waals surface area contributed by atoms with Crippen molar-refractivity contribution in [3.8, 4) is 11.9 Å². The summed E-state index contributed by atoms with van der Waals surface area (Å²) in [5, 5.41) is 8.68. The summed E-state index contributed by atoms with van der Waals surface area (Å²) >= 11 is 0. The van der Waals surface area contributed by atoms with Crippen molar-refractivity contribution in [2.45, 2.75) is 26.2 Å². The van der Waals surface area contributed by atoms with E-state index in [0.717, 1.165) is 11.3 Å². The van der Waals surface area contributed by atoms with Crippen molar-refractivity contribution in [2.24, 2.45) is 0 Å². The third-order valence-electron chi connectivity index (χ3n) is 1.94. The van der Waals surface area contributed by atoms with Crippen LogP contribution in [0.3, 0.4) is 0 Å². The van der Waals surface area contributed by atoms with Gasteiger partial charge < -0.3 is 4.74 Å². The molecular formula is C10H13N3O. The van der Waals surface area contributed by atoms with Crippen LogP contribution in [0.1, 0.15) is 31.0 Å². The first-order valence-electron chi connectivity index (χ1n) is 4.45. The molecule has 0 aliphatic rings. The second-order valence-corrected chi connectivity index (χ2v) is 3.24. The highest BCUT2D eigenvalue weighted by Crippen LogP contribution is 2.23. The Hall–Kier alpha value is -1.63. The lowest BCUT2D eigenvalue weighted by atomic mass is 10.0. The highest BCUT2D eigenvalue weighted by Gasteiger charge is 2.13. The lowest BCUT2D eigenvalue weighted by Gasteiger charge is -2.11. The first-order chi connectivity index (χ1) is 6.70. The standard InChI is InChI=1S/C10H13N3O/c1-7(2)9-8(4-5-11)10(14-3)13-6-12-9/h6-7H,4H2,1-3H3. The molecule has 0 aliphatic carbocycles. The van der Waals surface area contributed by atoms with Crippen LogP contribution >= 0.6 is 0 Å². The molecule has 0 saturated heterocycles. The van der Waals surface area contributed by atoms with Gasteiger partial charge in [0.2, 0.25) is 5.88 Å². The summed E-state index contributed by atoms with van der Waals surface area (Å²) in [5.74, 6) is 0.778. The predicted molar refractivity (Wildman–Crippen MR) is 52.0 cm³/mol. The fraction of sp³-hybridized carbons (Fsp3) is 0.500. The van der Waals surface area contributed by atoms with Gasteiger partial charge in [0.25, 0.3) is 0 Å².